The number of aromatic carboxylic acids is 1. The molecule has 3 rings (SSSR count). The lowest BCUT2D eigenvalue weighted by Crippen LogP contribution is -2.04. The minimum absolute atomic E-state index is 0.0157. The van der Waals surface area contributed by atoms with E-state index in [0.717, 1.165) is 0 Å². The monoisotopic (exact) mass is 347 g/mol. The van der Waals surface area contributed by atoms with Crippen LogP contribution in [0.4, 0.5) is 8.78 Å². The van der Waals surface area contributed by atoms with Crippen molar-refractivity contribution >= 4 is 17.0 Å². The van der Waals surface area contributed by atoms with Crippen molar-refractivity contribution in [3.8, 4) is 17.0 Å². The summed E-state index contributed by atoms with van der Waals surface area (Å²) in [7, 11) is 0. The van der Waals surface area contributed by atoms with Crippen molar-refractivity contribution in [2.24, 2.45) is 0 Å². The van der Waals surface area contributed by atoms with Crippen LogP contribution in [0.2, 0.25) is 0 Å². The first-order valence-electron chi connectivity index (χ1n) is 7.53. The molecule has 2 heterocycles. The Balaban J connectivity index is 2.18. The van der Waals surface area contributed by atoms with Crippen molar-refractivity contribution in [2.75, 3.05) is 0 Å². The van der Waals surface area contributed by atoms with Gasteiger partial charge in [0.25, 0.3) is 0 Å². The minimum Gasteiger partial charge on any atom is -0.478 e. The zero-order chi connectivity index (χ0) is 18.1. The first-order valence-corrected chi connectivity index (χ1v) is 7.53. The molecular formula is C17H15F2N3O3. The molecule has 0 spiro atoms. The summed E-state index contributed by atoms with van der Waals surface area (Å²) in [5, 5.41) is 13.7. The lowest BCUT2D eigenvalue weighted by atomic mass is 10.1. The van der Waals surface area contributed by atoms with E-state index in [1.54, 1.807) is 16.8 Å². The first kappa shape index (κ1) is 16.8. The van der Waals surface area contributed by atoms with Crippen LogP contribution in [0.15, 0.2) is 36.5 Å². The number of pyridine rings is 1. The number of carbonyl (C=O) groups is 1. The van der Waals surface area contributed by atoms with E-state index in [4.69, 9.17) is 5.11 Å². The molecule has 0 radical (unpaired) electrons. The van der Waals surface area contributed by atoms with Crippen LogP contribution in [0.1, 0.15) is 30.2 Å². The summed E-state index contributed by atoms with van der Waals surface area (Å²) in [6, 6.07) is 7.62. The van der Waals surface area contributed by atoms with E-state index in [9.17, 15) is 13.6 Å². The van der Waals surface area contributed by atoms with Crippen LogP contribution in [0.25, 0.3) is 22.3 Å². The van der Waals surface area contributed by atoms with Gasteiger partial charge in [-0.1, -0.05) is 12.1 Å². The van der Waals surface area contributed by atoms with Gasteiger partial charge in [-0.25, -0.2) is 4.79 Å². The Hall–Kier alpha value is -3.03. The van der Waals surface area contributed by atoms with E-state index in [-0.39, 0.29) is 17.4 Å². The summed E-state index contributed by atoms with van der Waals surface area (Å²) in [6.45, 7) is 0.886. The van der Waals surface area contributed by atoms with Gasteiger partial charge in [-0.3, -0.25) is 9.67 Å². The number of hydrogen-bond donors (Lipinski definition) is 1. The topological polar surface area (TPSA) is 77.2 Å². The maximum Gasteiger partial charge on any atom is 0.387 e. The zero-order valence-corrected chi connectivity index (χ0v) is 13.5. The van der Waals surface area contributed by atoms with Crippen molar-refractivity contribution < 1.29 is 23.4 Å². The SMILES string of the molecule is CC(C)n1nc(-c2cccc(OC(F)F)c2)c2ncc(C(=O)O)cc21. The lowest BCUT2D eigenvalue weighted by molar-refractivity contribution is -0.0498. The molecule has 0 amide bonds. The Labute approximate surface area is 141 Å². The highest BCUT2D eigenvalue weighted by molar-refractivity contribution is 5.95. The number of hydrogen-bond acceptors (Lipinski definition) is 4. The Bertz CT molecular complexity index is 938. The molecule has 0 aliphatic heterocycles. The summed E-state index contributed by atoms with van der Waals surface area (Å²) in [4.78, 5) is 15.4. The van der Waals surface area contributed by atoms with Gasteiger partial charge in [0.1, 0.15) is 17.0 Å². The summed E-state index contributed by atoms with van der Waals surface area (Å²) in [6.07, 6.45) is 1.25. The molecule has 6 nitrogen and oxygen atoms in total. The molecule has 3 aromatic rings. The maximum absolute atomic E-state index is 12.4. The Morgan fingerprint density at radius 1 is 1.28 bits per heavy atom. The van der Waals surface area contributed by atoms with Gasteiger partial charge in [0.2, 0.25) is 0 Å². The average molecular weight is 347 g/mol. The van der Waals surface area contributed by atoms with Crippen molar-refractivity contribution in [3.05, 3.63) is 42.1 Å². The van der Waals surface area contributed by atoms with E-state index in [1.165, 1.54) is 24.4 Å². The van der Waals surface area contributed by atoms with Gasteiger partial charge in [0.05, 0.1) is 11.1 Å². The maximum atomic E-state index is 12.4. The molecule has 25 heavy (non-hydrogen) atoms. The molecule has 0 fully saturated rings. The molecule has 8 heteroatoms. The molecule has 2 aromatic heterocycles. The number of benzene rings is 1. The van der Waals surface area contributed by atoms with Crippen LogP contribution in [0, 0.1) is 0 Å². The van der Waals surface area contributed by atoms with E-state index < -0.39 is 12.6 Å². The second kappa shape index (κ2) is 6.46. The van der Waals surface area contributed by atoms with Crippen molar-refractivity contribution in [1.29, 1.82) is 0 Å². The predicted octanol–water partition coefficient (Wildman–Crippen LogP) is 3.98. The van der Waals surface area contributed by atoms with Crippen molar-refractivity contribution in [2.45, 2.75) is 26.5 Å². The van der Waals surface area contributed by atoms with Crippen LogP contribution in [0.3, 0.4) is 0 Å². The summed E-state index contributed by atoms with van der Waals surface area (Å²) in [5.74, 6) is -1.07. The van der Waals surface area contributed by atoms with E-state index >= 15 is 0 Å². The fourth-order valence-electron chi connectivity index (χ4n) is 2.54. The molecular weight excluding hydrogens is 332 g/mol. The Kier molecular flexibility index (Phi) is 4.35. The lowest BCUT2D eigenvalue weighted by Gasteiger charge is -2.07. The minimum atomic E-state index is -2.92. The largest absolute Gasteiger partial charge is 0.478 e. The molecule has 0 aliphatic rings. The molecule has 1 aromatic carbocycles. The number of aromatic nitrogens is 3. The first-order chi connectivity index (χ1) is 11.9. The summed E-state index contributed by atoms with van der Waals surface area (Å²) < 4.78 is 30.9. The number of ether oxygens (including phenoxy) is 1. The normalized spacial score (nSPS) is 11.4. The van der Waals surface area contributed by atoms with Gasteiger partial charge in [0, 0.05) is 17.8 Å². The smallest absolute Gasteiger partial charge is 0.387 e. The Morgan fingerprint density at radius 2 is 2.04 bits per heavy atom. The average Bonchev–Trinajstić information content (AvgIpc) is 2.93. The number of rotatable bonds is 5. The number of fused-ring (bicyclic) bond motifs is 1. The molecule has 0 saturated carbocycles. The molecule has 0 unspecified atom stereocenters. The van der Waals surface area contributed by atoms with Gasteiger partial charge >= 0.3 is 12.6 Å². The quantitative estimate of drug-likeness (QED) is 0.755. The standard InChI is InChI=1S/C17H15F2N3O3/c1-9(2)22-13-7-11(16(23)24)8-20-15(13)14(21-22)10-4-3-5-12(6-10)25-17(18)19/h3-9,17H,1-2H3,(H,23,24). The second-order valence-electron chi connectivity index (χ2n) is 5.69. The van der Waals surface area contributed by atoms with Gasteiger partial charge in [-0.2, -0.15) is 13.9 Å². The van der Waals surface area contributed by atoms with Crippen LogP contribution in [0.5, 0.6) is 5.75 Å². The van der Waals surface area contributed by atoms with Crippen LogP contribution in [-0.2, 0) is 0 Å². The molecule has 0 bridgehead atoms. The summed E-state index contributed by atoms with van der Waals surface area (Å²) >= 11 is 0. The highest BCUT2D eigenvalue weighted by atomic mass is 19.3. The Morgan fingerprint density at radius 3 is 2.68 bits per heavy atom. The van der Waals surface area contributed by atoms with Gasteiger partial charge in [0.15, 0.2) is 0 Å². The number of halogens is 2. The predicted molar refractivity (Wildman–Crippen MR) is 86.9 cm³/mol. The molecule has 130 valence electrons. The van der Waals surface area contributed by atoms with Gasteiger partial charge in [-0.15, -0.1) is 0 Å². The number of nitrogens with zero attached hydrogens (tertiary/aromatic N) is 3. The highest BCUT2D eigenvalue weighted by Crippen LogP contribution is 2.31. The highest BCUT2D eigenvalue weighted by Gasteiger charge is 2.18. The molecule has 0 saturated heterocycles. The zero-order valence-electron chi connectivity index (χ0n) is 13.5. The van der Waals surface area contributed by atoms with E-state index in [1.807, 2.05) is 13.8 Å². The fraction of sp³-hybridized carbons (Fsp3) is 0.235. The fourth-order valence-corrected chi connectivity index (χ4v) is 2.54. The van der Waals surface area contributed by atoms with Crippen molar-refractivity contribution in [1.82, 2.24) is 14.8 Å². The van der Waals surface area contributed by atoms with Crippen LogP contribution in [-0.4, -0.2) is 32.5 Å². The molecule has 0 aliphatic carbocycles. The van der Waals surface area contributed by atoms with Gasteiger partial charge in [-0.05, 0) is 32.0 Å². The summed E-state index contributed by atoms with van der Waals surface area (Å²) in [5.41, 5.74) is 2.13. The third-order valence-corrected chi connectivity index (χ3v) is 3.62. The number of alkyl halides is 2. The van der Waals surface area contributed by atoms with E-state index in [2.05, 4.69) is 14.8 Å². The van der Waals surface area contributed by atoms with E-state index in [0.29, 0.717) is 22.3 Å². The van der Waals surface area contributed by atoms with Gasteiger partial charge < -0.3 is 9.84 Å². The second-order valence-corrected chi connectivity index (χ2v) is 5.69. The van der Waals surface area contributed by atoms with Crippen molar-refractivity contribution in [3.63, 3.8) is 0 Å². The molecule has 0 atom stereocenters. The molecule has 1 N–H and O–H groups in total. The van der Waals surface area contributed by atoms with Crippen LogP contribution < -0.4 is 4.74 Å². The van der Waals surface area contributed by atoms with Crippen LogP contribution >= 0.6 is 0 Å². The third kappa shape index (κ3) is 3.28. The number of carboxylic acids is 1. The number of carboxylic acid groups (broad SMARTS) is 1. The third-order valence-electron chi connectivity index (χ3n) is 3.62.